The van der Waals surface area contributed by atoms with Crippen molar-refractivity contribution in [1.82, 2.24) is 4.90 Å². The molecular weight excluding hydrogens is 500 g/mol. The van der Waals surface area contributed by atoms with Crippen LogP contribution in [0.1, 0.15) is 53.8 Å². The summed E-state index contributed by atoms with van der Waals surface area (Å²) in [4.78, 5) is 38.5. The number of ether oxygens (including phenoxy) is 3. The molecule has 9 nitrogen and oxygen atoms in total. The maximum atomic E-state index is 13.2. The molecule has 0 bridgehead atoms. The topological polar surface area (TPSA) is 114 Å². The second kappa shape index (κ2) is 12.8. The fraction of sp³-hybridized carbons (Fsp3) is 0.300. The Hall–Kier alpha value is -4.53. The van der Waals surface area contributed by atoms with Gasteiger partial charge in [0.15, 0.2) is 0 Å². The van der Waals surface area contributed by atoms with Gasteiger partial charge in [0.25, 0.3) is 0 Å². The van der Waals surface area contributed by atoms with Crippen LogP contribution in [-0.4, -0.2) is 54.0 Å². The fourth-order valence-corrected chi connectivity index (χ4v) is 4.80. The highest BCUT2D eigenvalue weighted by Gasteiger charge is 2.32. The molecule has 1 aliphatic heterocycles. The summed E-state index contributed by atoms with van der Waals surface area (Å²) in [5.41, 5.74) is 2.41. The van der Waals surface area contributed by atoms with Crippen molar-refractivity contribution in [3.05, 3.63) is 95.6 Å². The average molecular weight is 533 g/mol. The summed E-state index contributed by atoms with van der Waals surface area (Å²) in [7, 11) is 1.29. The Balaban J connectivity index is 1.56. The van der Waals surface area contributed by atoms with Crippen LogP contribution in [0.4, 0.5) is 15.3 Å². The first-order chi connectivity index (χ1) is 18.9. The zero-order chi connectivity index (χ0) is 27.8. The van der Waals surface area contributed by atoms with Gasteiger partial charge in [-0.05, 0) is 35.7 Å². The van der Waals surface area contributed by atoms with Crippen molar-refractivity contribution in [2.75, 3.05) is 19.0 Å². The monoisotopic (exact) mass is 532 g/mol. The van der Waals surface area contributed by atoms with E-state index in [4.69, 9.17) is 19.3 Å². The predicted octanol–water partition coefficient (Wildman–Crippen LogP) is 6.11. The van der Waals surface area contributed by atoms with Gasteiger partial charge in [-0.15, -0.1) is 0 Å². The third kappa shape index (κ3) is 6.87. The van der Waals surface area contributed by atoms with Crippen molar-refractivity contribution in [3.63, 3.8) is 0 Å². The summed E-state index contributed by atoms with van der Waals surface area (Å²) >= 11 is 0. The number of anilines is 1. The first-order valence-electron chi connectivity index (χ1n) is 12.9. The average Bonchev–Trinajstić information content (AvgIpc) is 2.96. The molecule has 1 heterocycles. The summed E-state index contributed by atoms with van der Waals surface area (Å²) in [5.74, 6) is -0.283. The van der Waals surface area contributed by atoms with E-state index in [0.29, 0.717) is 37.2 Å². The number of esters is 1. The molecule has 0 radical (unpaired) electrons. The highest BCUT2D eigenvalue weighted by Crippen LogP contribution is 2.33. The molecule has 4 rings (SSSR count). The minimum atomic E-state index is -1.31. The molecule has 204 valence electrons. The van der Waals surface area contributed by atoms with Crippen LogP contribution in [-0.2, 0) is 9.47 Å². The lowest BCUT2D eigenvalue weighted by Gasteiger charge is -2.38. The Kier molecular flexibility index (Phi) is 9.04. The number of piperidine rings is 1. The van der Waals surface area contributed by atoms with E-state index in [1.165, 1.54) is 13.2 Å². The molecule has 0 saturated carbocycles. The van der Waals surface area contributed by atoms with Crippen LogP contribution in [0.25, 0.3) is 0 Å². The largest absolute Gasteiger partial charge is 0.506 e. The lowest BCUT2D eigenvalue weighted by atomic mass is 9.98. The van der Waals surface area contributed by atoms with Gasteiger partial charge in [-0.3, -0.25) is 0 Å². The molecule has 0 spiro atoms. The maximum absolute atomic E-state index is 13.2. The van der Waals surface area contributed by atoms with Crippen LogP contribution in [0.3, 0.4) is 0 Å². The Morgan fingerprint density at radius 3 is 2.21 bits per heavy atom. The first-order valence-corrected chi connectivity index (χ1v) is 12.9. The van der Waals surface area contributed by atoms with Gasteiger partial charge in [-0.2, -0.15) is 0 Å². The number of nitrogens with zero attached hydrogens (tertiary/aromatic N) is 1. The fourth-order valence-electron chi connectivity index (χ4n) is 4.80. The van der Waals surface area contributed by atoms with Crippen LogP contribution in [0.15, 0.2) is 78.9 Å². The lowest BCUT2D eigenvalue weighted by Crippen LogP contribution is -2.49. The smallest absolute Gasteiger partial charge is 0.480 e. The SMILES string of the molecule is CCC1CC(OC(=O)O)CCN1C(=O)Nc1ccc(OC(c2ccccc2)c2ccccc2)c(C(=O)OC)c1. The number of carboxylic acid groups (broad SMARTS) is 1. The van der Waals surface area contributed by atoms with E-state index in [9.17, 15) is 14.4 Å². The number of hydrogen-bond donors (Lipinski definition) is 2. The molecule has 0 aliphatic carbocycles. The van der Waals surface area contributed by atoms with Gasteiger partial charge in [-0.1, -0.05) is 67.6 Å². The lowest BCUT2D eigenvalue weighted by molar-refractivity contribution is 0.0107. The first kappa shape index (κ1) is 27.5. The molecule has 3 aromatic rings. The van der Waals surface area contributed by atoms with Gasteiger partial charge < -0.3 is 29.5 Å². The quantitative estimate of drug-likeness (QED) is 0.336. The molecule has 0 aromatic heterocycles. The summed E-state index contributed by atoms with van der Waals surface area (Å²) < 4.78 is 16.4. The minimum Gasteiger partial charge on any atom is -0.480 e. The van der Waals surface area contributed by atoms with E-state index in [2.05, 4.69) is 5.32 Å². The Labute approximate surface area is 227 Å². The Bertz CT molecular complexity index is 1240. The highest BCUT2D eigenvalue weighted by molar-refractivity contribution is 5.96. The number of hydrogen-bond acceptors (Lipinski definition) is 6. The molecule has 2 N–H and O–H groups in total. The third-order valence-electron chi connectivity index (χ3n) is 6.75. The molecule has 3 aromatic carbocycles. The zero-order valence-corrected chi connectivity index (χ0v) is 21.9. The van der Waals surface area contributed by atoms with E-state index >= 15 is 0 Å². The van der Waals surface area contributed by atoms with E-state index in [1.807, 2.05) is 67.6 Å². The number of amides is 2. The van der Waals surface area contributed by atoms with Crippen LogP contribution in [0.2, 0.25) is 0 Å². The van der Waals surface area contributed by atoms with Gasteiger partial charge in [0.2, 0.25) is 0 Å². The number of urea groups is 1. The normalized spacial score (nSPS) is 16.8. The number of carbonyl (C=O) groups excluding carboxylic acids is 2. The molecule has 2 atom stereocenters. The zero-order valence-electron chi connectivity index (χ0n) is 21.9. The number of methoxy groups -OCH3 is 1. The van der Waals surface area contributed by atoms with E-state index in [-0.39, 0.29) is 17.6 Å². The summed E-state index contributed by atoms with van der Waals surface area (Å²) in [6.07, 6.45) is -0.745. The van der Waals surface area contributed by atoms with Gasteiger partial charge in [-0.25, -0.2) is 14.4 Å². The van der Waals surface area contributed by atoms with E-state index in [1.54, 1.807) is 17.0 Å². The van der Waals surface area contributed by atoms with E-state index < -0.39 is 24.3 Å². The van der Waals surface area contributed by atoms with Crippen molar-refractivity contribution in [3.8, 4) is 5.75 Å². The summed E-state index contributed by atoms with van der Waals surface area (Å²) in [6, 6.07) is 23.7. The van der Waals surface area contributed by atoms with Crippen molar-refractivity contribution >= 4 is 23.8 Å². The van der Waals surface area contributed by atoms with Crippen LogP contribution in [0, 0.1) is 0 Å². The second-order valence-electron chi connectivity index (χ2n) is 9.24. The Morgan fingerprint density at radius 1 is 1.00 bits per heavy atom. The van der Waals surface area contributed by atoms with Gasteiger partial charge in [0.05, 0.1) is 7.11 Å². The van der Waals surface area contributed by atoms with Crippen LogP contribution < -0.4 is 10.1 Å². The predicted molar refractivity (Wildman–Crippen MR) is 145 cm³/mol. The Morgan fingerprint density at radius 2 is 1.64 bits per heavy atom. The summed E-state index contributed by atoms with van der Waals surface area (Å²) in [6.45, 7) is 2.29. The molecule has 9 heteroatoms. The van der Waals surface area contributed by atoms with Crippen molar-refractivity contribution in [1.29, 1.82) is 0 Å². The highest BCUT2D eigenvalue weighted by atomic mass is 16.7. The molecule has 1 aliphatic rings. The van der Waals surface area contributed by atoms with Crippen molar-refractivity contribution in [2.45, 2.75) is 44.4 Å². The third-order valence-corrected chi connectivity index (χ3v) is 6.75. The van der Waals surface area contributed by atoms with Crippen LogP contribution >= 0.6 is 0 Å². The minimum absolute atomic E-state index is 0.174. The van der Waals surface area contributed by atoms with Crippen molar-refractivity contribution in [2.24, 2.45) is 0 Å². The molecule has 1 saturated heterocycles. The number of rotatable bonds is 8. The second-order valence-corrected chi connectivity index (χ2v) is 9.24. The van der Waals surface area contributed by atoms with Gasteiger partial charge in [0, 0.05) is 31.1 Å². The van der Waals surface area contributed by atoms with E-state index in [0.717, 1.165) is 11.1 Å². The van der Waals surface area contributed by atoms with Crippen LogP contribution in [0.5, 0.6) is 5.75 Å². The van der Waals surface area contributed by atoms with Gasteiger partial charge >= 0.3 is 18.2 Å². The standard InChI is InChI=1S/C30H32N2O7/c1-3-23-19-24(38-30(35)36)16-17-32(23)29(34)31-22-14-15-26(25(18-22)28(33)37-2)39-27(20-10-6-4-7-11-20)21-12-8-5-9-13-21/h4-15,18,23-24,27H,3,16-17,19H2,1-2H3,(H,31,34)(H,35,36). The molecule has 2 amide bonds. The molecular formula is C30H32N2O7. The maximum Gasteiger partial charge on any atom is 0.506 e. The molecule has 1 fully saturated rings. The number of nitrogens with one attached hydrogen (secondary N) is 1. The van der Waals surface area contributed by atoms with Crippen molar-refractivity contribution < 1.29 is 33.7 Å². The summed E-state index contributed by atoms with van der Waals surface area (Å²) in [5, 5.41) is 11.8. The van der Waals surface area contributed by atoms with Gasteiger partial charge in [0.1, 0.15) is 23.5 Å². The molecule has 39 heavy (non-hydrogen) atoms. The number of likely N-dealkylation sites (tertiary alicyclic amines) is 1. The molecule has 2 unspecified atom stereocenters. The number of carbonyl (C=O) groups is 3. The number of benzene rings is 3.